The molecule has 2 rings (SSSR count). The lowest BCUT2D eigenvalue weighted by Gasteiger charge is -2.20. The maximum atomic E-state index is 12.1. The highest BCUT2D eigenvalue weighted by atomic mass is 35.5. The van der Waals surface area contributed by atoms with E-state index in [9.17, 15) is 9.59 Å². The second kappa shape index (κ2) is 6.13. The second-order valence-electron chi connectivity index (χ2n) is 4.78. The van der Waals surface area contributed by atoms with Crippen LogP contribution in [-0.4, -0.2) is 36.0 Å². The highest BCUT2D eigenvalue weighted by molar-refractivity contribution is 6.34. The molecule has 0 bridgehead atoms. The summed E-state index contributed by atoms with van der Waals surface area (Å²) >= 11 is 5.94. The monoisotopic (exact) mass is 296 g/mol. The lowest BCUT2D eigenvalue weighted by Crippen LogP contribution is -2.38. The van der Waals surface area contributed by atoms with E-state index in [-0.39, 0.29) is 22.2 Å². The van der Waals surface area contributed by atoms with Crippen LogP contribution in [0.4, 0.5) is 5.69 Å². The Morgan fingerprint density at radius 3 is 2.60 bits per heavy atom. The number of hydrogen-bond acceptors (Lipinski definition) is 4. The molecule has 1 atom stereocenters. The van der Waals surface area contributed by atoms with E-state index >= 15 is 0 Å². The van der Waals surface area contributed by atoms with Gasteiger partial charge in [-0.3, -0.25) is 4.79 Å². The van der Waals surface area contributed by atoms with E-state index < -0.39 is 12.1 Å². The third kappa shape index (κ3) is 3.04. The van der Waals surface area contributed by atoms with Crippen molar-refractivity contribution in [2.45, 2.75) is 25.9 Å². The van der Waals surface area contributed by atoms with E-state index in [0.29, 0.717) is 0 Å². The SMILES string of the molecule is CC(OC(=O)c1c(N)cccc1Cl)C(=O)N1CCCC1. The minimum Gasteiger partial charge on any atom is -0.449 e. The summed E-state index contributed by atoms with van der Waals surface area (Å²) in [5.41, 5.74) is 6.06. The second-order valence-corrected chi connectivity index (χ2v) is 5.19. The molecule has 0 radical (unpaired) electrons. The summed E-state index contributed by atoms with van der Waals surface area (Å²) in [6, 6.07) is 4.77. The van der Waals surface area contributed by atoms with Gasteiger partial charge in [-0.2, -0.15) is 0 Å². The molecule has 6 heteroatoms. The Labute approximate surface area is 122 Å². The van der Waals surface area contributed by atoms with E-state index in [4.69, 9.17) is 22.1 Å². The van der Waals surface area contributed by atoms with Gasteiger partial charge < -0.3 is 15.4 Å². The number of anilines is 1. The molecule has 20 heavy (non-hydrogen) atoms. The molecular formula is C14H17ClN2O3. The fraction of sp³-hybridized carbons (Fsp3) is 0.429. The van der Waals surface area contributed by atoms with Crippen molar-refractivity contribution in [1.82, 2.24) is 4.90 Å². The molecule has 1 heterocycles. The van der Waals surface area contributed by atoms with Crippen LogP contribution < -0.4 is 5.73 Å². The van der Waals surface area contributed by atoms with Gasteiger partial charge in [0.05, 0.1) is 5.02 Å². The maximum Gasteiger partial charge on any atom is 0.342 e. The van der Waals surface area contributed by atoms with Crippen LogP contribution in [0, 0.1) is 0 Å². The van der Waals surface area contributed by atoms with Crippen LogP contribution in [0.25, 0.3) is 0 Å². The average molecular weight is 297 g/mol. The van der Waals surface area contributed by atoms with Crippen molar-refractivity contribution < 1.29 is 14.3 Å². The predicted octanol–water partition coefficient (Wildman–Crippen LogP) is 2.09. The summed E-state index contributed by atoms with van der Waals surface area (Å²) in [4.78, 5) is 25.8. The first-order valence-electron chi connectivity index (χ1n) is 6.54. The summed E-state index contributed by atoms with van der Waals surface area (Å²) in [6.45, 7) is 3.00. The zero-order valence-corrected chi connectivity index (χ0v) is 12.0. The number of amides is 1. The maximum absolute atomic E-state index is 12.1. The molecule has 0 aromatic heterocycles. The van der Waals surface area contributed by atoms with E-state index in [1.807, 2.05) is 0 Å². The Kier molecular flexibility index (Phi) is 4.49. The van der Waals surface area contributed by atoms with Crippen molar-refractivity contribution in [3.05, 3.63) is 28.8 Å². The van der Waals surface area contributed by atoms with Crippen LogP contribution >= 0.6 is 11.6 Å². The Morgan fingerprint density at radius 1 is 1.35 bits per heavy atom. The number of nitrogen functional groups attached to an aromatic ring is 1. The third-order valence-corrected chi connectivity index (χ3v) is 3.61. The first-order chi connectivity index (χ1) is 9.50. The zero-order chi connectivity index (χ0) is 14.7. The largest absolute Gasteiger partial charge is 0.449 e. The molecule has 1 saturated heterocycles. The zero-order valence-electron chi connectivity index (χ0n) is 11.3. The first-order valence-corrected chi connectivity index (χ1v) is 6.92. The van der Waals surface area contributed by atoms with Gasteiger partial charge in [-0.1, -0.05) is 17.7 Å². The molecule has 1 aliphatic rings. The number of carbonyl (C=O) groups is 2. The van der Waals surface area contributed by atoms with Crippen molar-refractivity contribution in [3.8, 4) is 0 Å². The molecule has 1 aromatic carbocycles. The van der Waals surface area contributed by atoms with Gasteiger partial charge in [0.2, 0.25) is 0 Å². The molecule has 0 saturated carbocycles. The van der Waals surface area contributed by atoms with E-state index in [1.165, 1.54) is 0 Å². The number of ether oxygens (including phenoxy) is 1. The predicted molar refractivity (Wildman–Crippen MR) is 76.6 cm³/mol. The van der Waals surface area contributed by atoms with Crippen molar-refractivity contribution in [2.75, 3.05) is 18.8 Å². The summed E-state index contributed by atoms with van der Waals surface area (Å²) in [6.07, 6.45) is 1.14. The van der Waals surface area contributed by atoms with Crippen LogP contribution in [0.1, 0.15) is 30.1 Å². The molecule has 0 aliphatic carbocycles. The molecule has 5 nitrogen and oxygen atoms in total. The van der Waals surface area contributed by atoms with Gasteiger partial charge in [0.15, 0.2) is 6.10 Å². The summed E-state index contributed by atoms with van der Waals surface area (Å²) in [5, 5.41) is 0.218. The van der Waals surface area contributed by atoms with E-state index in [2.05, 4.69) is 0 Å². The Balaban J connectivity index is 2.05. The minimum atomic E-state index is -0.837. The Bertz CT molecular complexity index is 507. The van der Waals surface area contributed by atoms with Crippen molar-refractivity contribution in [3.63, 3.8) is 0 Å². The highest BCUT2D eigenvalue weighted by Crippen LogP contribution is 2.23. The average Bonchev–Trinajstić information content (AvgIpc) is 2.91. The summed E-state index contributed by atoms with van der Waals surface area (Å²) in [7, 11) is 0. The normalized spacial score (nSPS) is 16.0. The lowest BCUT2D eigenvalue weighted by atomic mass is 10.2. The van der Waals surface area contributed by atoms with E-state index in [0.717, 1.165) is 25.9 Å². The van der Waals surface area contributed by atoms with Crippen molar-refractivity contribution >= 4 is 29.2 Å². The number of carbonyl (C=O) groups excluding carboxylic acids is 2. The molecule has 0 spiro atoms. The van der Waals surface area contributed by atoms with E-state index in [1.54, 1.807) is 30.0 Å². The standard InChI is InChI=1S/C14H17ClN2O3/c1-9(13(18)17-7-2-3-8-17)20-14(19)12-10(15)5-4-6-11(12)16/h4-6,9H,2-3,7-8,16H2,1H3. The minimum absolute atomic E-state index is 0.107. The van der Waals surface area contributed by atoms with Gasteiger partial charge in [0, 0.05) is 18.8 Å². The number of hydrogen-bond donors (Lipinski definition) is 1. The van der Waals surface area contributed by atoms with Gasteiger partial charge in [-0.05, 0) is 31.9 Å². The van der Waals surface area contributed by atoms with Crippen molar-refractivity contribution in [1.29, 1.82) is 0 Å². The van der Waals surface area contributed by atoms with Gasteiger partial charge in [0.1, 0.15) is 5.56 Å². The van der Waals surface area contributed by atoms with Crippen LogP contribution in [0.3, 0.4) is 0 Å². The summed E-state index contributed by atoms with van der Waals surface area (Å²) < 4.78 is 5.18. The fourth-order valence-corrected chi connectivity index (χ4v) is 2.48. The molecule has 2 N–H and O–H groups in total. The van der Waals surface area contributed by atoms with Crippen LogP contribution in [0.5, 0.6) is 0 Å². The number of benzene rings is 1. The van der Waals surface area contributed by atoms with Crippen molar-refractivity contribution in [2.24, 2.45) is 0 Å². The first kappa shape index (κ1) is 14.7. The summed E-state index contributed by atoms with van der Waals surface area (Å²) in [5.74, 6) is -0.852. The Morgan fingerprint density at radius 2 is 2.00 bits per heavy atom. The number of esters is 1. The molecule has 1 aromatic rings. The molecular weight excluding hydrogens is 280 g/mol. The lowest BCUT2D eigenvalue weighted by molar-refractivity contribution is -0.138. The quantitative estimate of drug-likeness (QED) is 0.685. The molecule has 1 unspecified atom stereocenters. The third-order valence-electron chi connectivity index (χ3n) is 3.30. The molecule has 1 amide bonds. The number of rotatable bonds is 3. The van der Waals surface area contributed by atoms with Gasteiger partial charge in [0.25, 0.3) is 5.91 Å². The topological polar surface area (TPSA) is 72.6 Å². The number of likely N-dealkylation sites (tertiary alicyclic amines) is 1. The van der Waals surface area contributed by atoms with Crippen LogP contribution in [0.2, 0.25) is 5.02 Å². The van der Waals surface area contributed by atoms with Crippen LogP contribution in [-0.2, 0) is 9.53 Å². The Hall–Kier alpha value is -1.75. The van der Waals surface area contributed by atoms with Gasteiger partial charge in [-0.15, -0.1) is 0 Å². The number of nitrogens with two attached hydrogens (primary N) is 1. The molecule has 1 fully saturated rings. The van der Waals surface area contributed by atoms with Gasteiger partial charge >= 0.3 is 5.97 Å². The smallest absolute Gasteiger partial charge is 0.342 e. The number of halogens is 1. The fourth-order valence-electron chi connectivity index (χ4n) is 2.22. The number of nitrogens with zero attached hydrogens (tertiary/aromatic N) is 1. The highest BCUT2D eigenvalue weighted by Gasteiger charge is 2.27. The van der Waals surface area contributed by atoms with Gasteiger partial charge in [-0.25, -0.2) is 4.79 Å². The molecule has 108 valence electrons. The van der Waals surface area contributed by atoms with Crippen LogP contribution in [0.15, 0.2) is 18.2 Å². The molecule has 1 aliphatic heterocycles.